The standard InChI is InChI=1S/C19H23ClFNO3/c1-18(2,3)25-17(23)15-7-6-14(9-16(15)21)24-12-19(11-22)8-4-5-13(20)10-19/h6-7,9,13H,4-5,8,10,12H2,1-3H3. The summed E-state index contributed by atoms with van der Waals surface area (Å²) in [5, 5.41) is 9.45. The van der Waals surface area contributed by atoms with Crippen molar-refractivity contribution in [1.82, 2.24) is 0 Å². The summed E-state index contributed by atoms with van der Waals surface area (Å²) in [7, 11) is 0. The van der Waals surface area contributed by atoms with Crippen LogP contribution >= 0.6 is 11.6 Å². The molecule has 2 rings (SSSR count). The summed E-state index contributed by atoms with van der Waals surface area (Å²) in [6.07, 6.45) is 3.04. The fourth-order valence-corrected chi connectivity index (χ4v) is 3.31. The molecule has 0 spiro atoms. The Morgan fingerprint density at radius 3 is 2.76 bits per heavy atom. The molecule has 4 nitrogen and oxygen atoms in total. The summed E-state index contributed by atoms with van der Waals surface area (Å²) in [6.45, 7) is 5.31. The first-order chi connectivity index (χ1) is 11.6. The first-order valence-corrected chi connectivity index (χ1v) is 8.79. The smallest absolute Gasteiger partial charge is 0.341 e. The lowest BCUT2D eigenvalue weighted by atomic mass is 9.75. The number of halogens is 2. The molecule has 25 heavy (non-hydrogen) atoms. The molecule has 1 aromatic carbocycles. The van der Waals surface area contributed by atoms with Crippen LogP contribution in [0.4, 0.5) is 4.39 Å². The highest BCUT2D eigenvalue weighted by Crippen LogP contribution is 2.38. The van der Waals surface area contributed by atoms with Crippen molar-refractivity contribution in [3.05, 3.63) is 29.6 Å². The van der Waals surface area contributed by atoms with E-state index in [2.05, 4.69) is 6.07 Å². The second kappa shape index (κ2) is 7.61. The molecule has 136 valence electrons. The van der Waals surface area contributed by atoms with Crippen molar-refractivity contribution in [3.8, 4) is 11.8 Å². The van der Waals surface area contributed by atoms with Gasteiger partial charge in [-0.05, 0) is 52.2 Å². The van der Waals surface area contributed by atoms with Crippen LogP contribution in [-0.2, 0) is 4.74 Å². The van der Waals surface area contributed by atoms with Gasteiger partial charge >= 0.3 is 5.97 Å². The van der Waals surface area contributed by atoms with Gasteiger partial charge in [0.2, 0.25) is 0 Å². The van der Waals surface area contributed by atoms with Gasteiger partial charge in [0, 0.05) is 11.4 Å². The Balaban J connectivity index is 2.05. The van der Waals surface area contributed by atoms with Gasteiger partial charge in [-0.15, -0.1) is 11.6 Å². The molecule has 0 heterocycles. The van der Waals surface area contributed by atoms with E-state index in [0.717, 1.165) is 18.9 Å². The predicted molar refractivity (Wildman–Crippen MR) is 93.2 cm³/mol. The number of ether oxygens (including phenoxy) is 2. The normalized spacial score (nSPS) is 23.6. The third-order valence-electron chi connectivity index (χ3n) is 4.10. The van der Waals surface area contributed by atoms with Gasteiger partial charge in [0.05, 0.1) is 17.0 Å². The van der Waals surface area contributed by atoms with Crippen molar-refractivity contribution < 1.29 is 18.7 Å². The van der Waals surface area contributed by atoms with E-state index in [9.17, 15) is 14.4 Å². The van der Waals surface area contributed by atoms with Crippen molar-refractivity contribution in [1.29, 1.82) is 5.26 Å². The van der Waals surface area contributed by atoms with Gasteiger partial charge in [-0.3, -0.25) is 0 Å². The number of esters is 1. The van der Waals surface area contributed by atoms with Gasteiger partial charge in [-0.1, -0.05) is 6.42 Å². The molecule has 2 atom stereocenters. The SMILES string of the molecule is CC(C)(C)OC(=O)c1ccc(OCC2(C#N)CCCC(Cl)C2)cc1F. The first kappa shape index (κ1) is 19.5. The fraction of sp³-hybridized carbons (Fsp3) is 0.579. The number of carbonyl (C=O) groups is 1. The molecular weight excluding hydrogens is 345 g/mol. The topological polar surface area (TPSA) is 59.3 Å². The summed E-state index contributed by atoms with van der Waals surface area (Å²) in [6, 6.07) is 6.30. The third kappa shape index (κ3) is 5.34. The minimum Gasteiger partial charge on any atom is -0.492 e. The Labute approximate surface area is 152 Å². The lowest BCUT2D eigenvalue weighted by Gasteiger charge is -2.32. The average Bonchev–Trinajstić information content (AvgIpc) is 2.51. The largest absolute Gasteiger partial charge is 0.492 e. The van der Waals surface area contributed by atoms with E-state index in [1.54, 1.807) is 20.8 Å². The van der Waals surface area contributed by atoms with E-state index in [0.29, 0.717) is 12.8 Å². The molecule has 1 aliphatic carbocycles. The molecule has 1 saturated carbocycles. The molecule has 1 fully saturated rings. The minimum absolute atomic E-state index is 0.0386. The molecule has 1 aromatic rings. The second-order valence-corrected chi connectivity index (χ2v) is 8.14. The summed E-state index contributed by atoms with van der Waals surface area (Å²) in [5.41, 5.74) is -1.49. The number of hydrogen-bond donors (Lipinski definition) is 0. The molecule has 0 bridgehead atoms. The van der Waals surface area contributed by atoms with Gasteiger partial charge in [-0.25, -0.2) is 9.18 Å². The maximum absolute atomic E-state index is 14.2. The Hall–Kier alpha value is -1.80. The quantitative estimate of drug-likeness (QED) is 0.563. The van der Waals surface area contributed by atoms with Gasteiger partial charge < -0.3 is 9.47 Å². The number of hydrogen-bond acceptors (Lipinski definition) is 4. The maximum Gasteiger partial charge on any atom is 0.341 e. The molecule has 2 unspecified atom stereocenters. The lowest BCUT2D eigenvalue weighted by molar-refractivity contribution is 0.00646. The molecule has 0 aromatic heterocycles. The van der Waals surface area contributed by atoms with Crippen LogP contribution < -0.4 is 4.74 Å². The van der Waals surface area contributed by atoms with Gasteiger partial charge in [0.25, 0.3) is 0 Å². The molecule has 0 radical (unpaired) electrons. The number of nitrogens with zero attached hydrogens (tertiary/aromatic N) is 1. The summed E-state index contributed by atoms with van der Waals surface area (Å²) in [5.74, 6) is -1.16. The molecular formula is C19H23ClFNO3. The van der Waals surface area contributed by atoms with Crippen LogP contribution in [0.2, 0.25) is 0 Å². The molecule has 1 aliphatic rings. The number of alkyl halides is 1. The fourth-order valence-electron chi connectivity index (χ4n) is 2.86. The lowest BCUT2D eigenvalue weighted by Crippen LogP contribution is -2.33. The van der Waals surface area contributed by atoms with E-state index < -0.39 is 22.8 Å². The Morgan fingerprint density at radius 1 is 1.48 bits per heavy atom. The molecule has 0 aliphatic heterocycles. The first-order valence-electron chi connectivity index (χ1n) is 8.35. The van der Waals surface area contributed by atoms with Crippen molar-refractivity contribution >= 4 is 17.6 Å². The van der Waals surface area contributed by atoms with Crippen LogP contribution in [0.15, 0.2) is 18.2 Å². The van der Waals surface area contributed by atoms with Crippen molar-refractivity contribution in [2.24, 2.45) is 5.41 Å². The van der Waals surface area contributed by atoms with E-state index in [4.69, 9.17) is 21.1 Å². The Kier molecular flexibility index (Phi) is 5.95. The zero-order chi connectivity index (χ0) is 18.7. The predicted octanol–water partition coefficient (Wildman–Crippen LogP) is 4.85. The van der Waals surface area contributed by atoms with Gasteiger partial charge in [-0.2, -0.15) is 5.26 Å². The van der Waals surface area contributed by atoms with Gasteiger partial charge in [0.15, 0.2) is 0 Å². The summed E-state index contributed by atoms with van der Waals surface area (Å²) in [4.78, 5) is 12.0. The zero-order valence-electron chi connectivity index (χ0n) is 14.8. The van der Waals surface area contributed by atoms with Crippen molar-refractivity contribution in [2.75, 3.05) is 6.61 Å². The van der Waals surface area contributed by atoms with E-state index in [1.165, 1.54) is 12.1 Å². The molecule has 0 amide bonds. The molecule has 0 N–H and O–H groups in total. The number of benzene rings is 1. The average molecular weight is 368 g/mol. The number of rotatable bonds is 4. The monoisotopic (exact) mass is 367 g/mol. The summed E-state index contributed by atoms with van der Waals surface area (Å²) >= 11 is 6.18. The van der Waals surface area contributed by atoms with Crippen LogP contribution in [0.1, 0.15) is 56.8 Å². The zero-order valence-corrected chi connectivity index (χ0v) is 15.5. The second-order valence-electron chi connectivity index (χ2n) is 7.52. The Bertz CT molecular complexity index is 680. The highest BCUT2D eigenvalue weighted by Gasteiger charge is 2.37. The van der Waals surface area contributed by atoms with Crippen LogP contribution in [-0.4, -0.2) is 23.6 Å². The van der Waals surface area contributed by atoms with Gasteiger partial charge in [0.1, 0.15) is 23.8 Å². The number of nitriles is 1. The highest BCUT2D eigenvalue weighted by molar-refractivity contribution is 6.20. The van der Waals surface area contributed by atoms with Crippen molar-refractivity contribution in [3.63, 3.8) is 0 Å². The van der Waals surface area contributed by atoms with E-state index >= 15 is 0 Å². The third-order valence-corrected chi connectivity index (χ3v) is 4.47. The Morgan fingerprint density at radius 2 is 2.20 bits per heavy atom. The van der Waals surface area contributed by atoms with Crippen molar-refractivity contribution in [2.45, 2.75) is 57.4 Å². The van der Waals surface area contributed by atoms with Crippen LogP contribution in [0, 0.1) is 22.6 Å². The van der Waals surface area contributed by atoms with Crippen LogP contribution in [0.25, 0.3) is 0 Å². The maximum atomic E-state index is 14.2. The minimum atomic E-state index is -0.720. The van der Waals surface area contributed by atoms with Crippen LogP contribution in [0.3, 0.4) is 0 Å². The number of carbonyl (C=O) groups excluding carboxylic acids is 1. The molecule has 0 saturated heterocycles. The van der Waals surface area contributed by atoms with E-state index in [-0.39, 0.29) is 23.3 Å². The highest BCUT2D eigenvalue weighted by atomic mass is 35.5. The van der Waals surface area contributed by atoms with E-state index in [1.807, 2.05) is 0 Å². The summed E-state index contributed by atoms with van der Waals surface area (Å²) < 4.78 is 25.0. The van der Waals surface area contributed by atoms with Crippen LogP contribution in [0.5, 0.6) is 5.75 Å². The molecule has 6 heteroatoms.